The van der Waals surface area contributed by atoms with Gasteiger partial charge >= 0.3 is 12.4 Å². The zero-order valence-corrected chi connectivity index (χ0v) is 63.5. The van der Waals surface area contributed by atoms with E-state index < -0.39 is 70.1 Å². The first kappa shape index (κ1) is 93.3. The second-order valence-corrected chi connectivity index (χ2v) is 27.8. The topological polar surface area (TPSA) is 23.8 Å². The Morgan fingerprint density at radius 2 is 0.553 bits per heavy atom. The molecule has 0 saturated heterocycles. The minimum atomic E-state index is -4.77. The molecule has 0 fully saturated rings. The predicted octanol–water partition coefficient (Wildman–Crippen LogP) is 30.4. The van der Waals surface area contributed by atoms with Gasteiger partial charge in [0.25, 0.3) is 0 Å². The van der Waals surface area contributed by atoms with Crippen LogP contribution in [0.4, 0.5) is 65.9 Å². The Hall–Kier alpha value is -7.71. The van der Waals surface area contributed by atoms with Gasteiger partial charge in [-0.25, -0.2) is 39.5 Å². The van der Waals surface area contributed by atoms with Gasteiger partial charge in [-0.1, -0.05) is 220 Å². The van der Waals surface area contributed by atoms with Gasteiger partial charge in [-0.3, -0.25) is 0 Å². The van der Waals surface area contributed by atoms with Crippen molar-refractivity contribution >= 4 is 34.8 Å². The van der Waals surface area contributed by atoms with E-state index in [0.717, 1.165) is 53.1 Å². The number of nitriles is 1. The van der Waals surface area contributed by atoms with Gasteiger partial charge in [0.05, 0.1) is 22.8 Å². The summed E-state index contributed by atoms with van der Waals surface area (Å²) >= 11 is 17.3. The Labute approximate surface area is 615 Å². The van der Waals surface area contributed by atoms with Crippen LogP contribution in [0, 0.1) is 63.7 Å². The number of halogens is 18. The average molecular weight is 1510 g/mol. The SMILES string of the molecule is CC(C)c1cc(C(F)(F)F)cc(C(F)(F)F)c1.CC(C)c1cc(Cl)cc(Cl)c1.CC(C)c1cc(F)c(F)c(F)c1.CC(C)c1cc(F)cc(Cl)c1.CC(C)c1cc(F)cc(F)c1.CC(C)c1ccc(C#N)cc1.CC(C)c1ccc(F)c(F)c1.CC(C)c1ccc(F)cc1.CC(C)c1ccccc1. The Morgan fingerprint density at radius 3 is 0.883 bits per heavy atom. The van der Waals surface area contributed by atoms with E-state index >= 15 is 0 Å². The Bertz CT molecular complexity index is 3740. The van der Waals surface area contributed by atoms with Crippen LogP contribution in [0.25, 0.3) is 0 Å². The molecule has 560 valence electrons. The van der Waals surface area contributed by atoms with Gasteiger partial charge in [0.1, 0.15) is 23.3 Å². The summed E-state index contributed by atoms with van der Waals surface area (Å²) in [6.45, 7) is 35.4. The molecule has 19 heteroatoms. The van der Waals surface area contributed by atoms with Crippen molar-refractivity contribution in [3.8, 4) is 6.07 Å². The minimum absolute atomic E-state index is 0.00500. The largest absolute Gasteiger partial charge is 0.416 e. The lowest BCUT2D eigenvalue weighted by molar-refractivity contribution is -0.143. The third kappa shape index (κ3) is 37.0. The van der Waals surface area contributed by atoms with Gasteiger partial charge in [-0.15, -0.1) is 0 Å². The standard InChI is InChI=1S/C11H10F6.C10H11N.C9H10Cl2.C9H10ClF.C9H9F3.2C9H10F2.C9H11F.C9H12/c1-6(2)7-3-8(10(12,13)14)5-9(4-7)11(15,16)17;1-8(2)10-5-3-9(7-11)4-6-10;2*1-6(2)7-3-8(10)5-9(11)4-7;1-5(2)6-3-7(10)9(12)8(11)4-6;1-6(2)7-3-8(10)5-9(11)4-7;1-6(2)7-3-4-8(10)9(11)5-7;1-7(2)8-3-5-9(10)6-4-8;1-8(2)9-6-4-3-5-7-9/h3-6H,1-2H3;3-6,8H,1-2H3;2*3-6H,1-2H3;3-5H,1-2H3;2*3-6H,1-2H3;3-7H,1-2H3;3-8H,1-2H3. The quantitative estimate of drug-likeness (QED) is 0.104. The summed E-state index contributed by atoms with van der Waals surface area (Å²) in [6, 6.07) is 48.5. The smallest absolute Gasteiger partial charge is 0.207 e. The fraction of sp³-hybridized carbons (Fsp3) is 0.345. The molecule has 0 aromatic heterocycles. The van der Waals surface area contributed by atoms with Crippen molar-refractivity contribution in [1.82, 2.24) is 0 Å². The lowest BCUT2D eigenvalue weighted by Gasteiger charge is -2.15. The highest BCUT2D eigenvalue weighted by Gasteiger charge is 2.37. The summed E-state index contributed by atoms with van der Waals surface area (Å²) in [5.41, 5.74) is 6.20. The maximum atomic E-state index is 12.7. The third-order valence-corrected chi connectivity index (χ3v) is 15.6. The van der Waals surface area contributed by atoms with Crippen LogP contribution in [0.2, 0.25) is 15.1 Å². The molecule has 0 heterocycles. The summed E-state index contributed by atoms with van der Waals surface area (Å²) in [6.07, 6.45) is -9.55. The third-order valence-electron chi connectivity index (χ3n) is 14.9. The molecule has 0 spiro atoms. The zero-order chi connectivity index (χ0) is 79.0. The average Bonchev–Trinajstić information content (AvgIpc) is 0.803. The lowest BCUT2D eigenvalue weighted by atomic mass is 9.97. The van der Waals surface area contributed by atoms with E-state index in [1.165, 1.54) is 78.6 Å². The van der Waals surface area contributed by atoms with E-state index in [2.05, 4.69) is 85.7 Å². The van der Waals surface area contributed by atoms with Crippen molar-refractivity contribution in [3.63, 3.8) is 0 Å². The molecular formula is C84H93Cl3F15N. The molecule has 9 rings (SSSR count). The van der Waals surface area contributed by atoms with Crippen LogP contribution < -0.4 is 0 Å². The van der Waals surface area contributed by atoms with E-state index in [9.17, 15) is 65.9 Å². The first-order valence-corrected chi connectivity index (χ1v) is 34.4. The molecule has 103 heavy (non-hydrogen) atoms. The van der Waals surface area contributed by atoms with Gasteiger partial charge in [-0.05, 0) is 219 Å². The van der Waals surface area contributed by atoms with Crippen molar-refractivity contribution in [2.75, 3.05) is 0 Å². The van der Waals surface area contributed by atoms with E-state index in [-0.39, 0.29) is 41.0 Å². The molecule has 0 aliphatic rings. The first-order chi connectivity index (χ1) is 47.7. The predicted molar refractivity (Wildman–Crippen MR) is 394 cm³/mol. The maximum absolute atomic E-state index is 12.7. The van der Waals surface area contributed by atoms with Crippen LogP contribution in [-0.2, 0) is 12.4 Å². The Morgan fingerprint density at radius 1 is 0.262 bits per heavy atom. The van der Waals surface area contributed by atoms with E-state index in [4.69, 9.17) is 40.1 Å². The van der Waals surface area contributed by atoms with Crippen LogP contribution in [0.5, 0.6) is 0 Å². The Balaban J connectivity index is 0.000000582. The number of rotatable bonds is 9. The van der Waals surface area contributed by atoms with Crippen molar-refractivity contribution in [3.05, 3.63) is 316 Å². The van der Waals surface area contributed by atoms with Gasteiger partial charge in [0, 0.05) is 21.1 Å². The normalized spacial score (nSPS) is 10.9. The Kier molecular flexibility index (Phi) is 41.2. The second-order valence-electron chi connectivity index (χ2n) is 26.5. The van der Waals surface area contributed by atoms with Crippen molar-refractivity contribution in [1.29, 1.82) is 5.26 Å². The van der Waals surface area contributed by atoms with Crippen LogP contribution in [0.15, 0.2) is 182 Å². The molecule has 0 unspecified atom stereocenters. The molecule has 9 aromatic rings. The van der Waals surface area contributed by atoms with Crippen LogP contribution >= 0.6 is 34.8 Å². The van der Waals surface area contributed by atoms with E-state index in [0.29, 0.717) is 55.8 Å². The minimum Gasteiger partial charge on any atom is -0.207 e. The summed E-state index contributed by atoms with van der Waals surface area (Å²) in [5.74, 6) is -4.15. The molecule has 0 aliphatic heterocycles. The van der Waals surface area contributed by atoms with Crippen molar-refractivity contribution in [2.45, 2.75) is 190 Å². The molecule has 0 saturated carbocycles. The van der Waals surface area contributed by atoms with Crippen LogP contribution in [0.3, 0.4) is 0 Å². The number of hydrogen-bond donors (Lipinski definition) is 0. The molecule has 0 atom stereocenters. The molecule has 9 aromatic carbocycles. The van der Waals surface area contributed by atoms with E-state index in [1.54, 1.807) is 32.0 Å². The van der Waals surface area contributed by atoms with Gasteiger partial charge in [-0.2, -0.15) is 31.6 Å². The molecule has 0 N–H and O–H groups in total. The highest BCUT2D eigenvalue weighted by Crippen LogP contribution is 2.38. The molecule has 0 amide bonds. The molecular weight excluding hydrogens is 1410 g/mol. The lowest BCUT2D eigenvalue weighted by Crippen LogP contribution is -2.12. The summed E-state index contributed by atoms with van der Waals surface area (Å²) in [4.78, 5) is 0. The summed E-state index contributed by atoms with van der Waals surface area (Å²) in [5, 5.41) is 10.4. The highest BCUT2D eigenvalue weighted by molar-refractivity contribution is 6.34. The highest BCUT2D eigenvalue weighted by atomic mass is 35.5. The second kappa shape index (κ2) is 45.5. The number of alkyl halides is 6. The number of nitrogens with zero attached hydrogens (tertiary/aromatic N) is 1. The summed E-state index contributed by atoms with van der Waals surface area (Å²) < 4.78 is 187. The first-order valence-electron chi connectivity index (χ1n) is 33.2. The molecule has 1 nitrogen and oxygen atoms in total. The van der Waals surface area contributed by atoms with Crippen molar-refractivity contribution in [2.24, 2.45) is 0 Å². The molecule has 0 bridgehead atoms. The van der Waals surface area contributed by atoms with Gasteiger partial charge < -0.3 is 0 Å². The van der Waals surface area contributed by atoms with E-state index in [1.807, 2.05) is 96.1 Å². The maximum Gasteiger partial charge on any atom is 0.416 e. The van der Waals surface area contributed by atoms with Crippen molar-refractivity contribution < 1.29 is 65.9 Å². The van der Waals surface area contributed by atoms with Crippen LogP contribution in [0.1, 0.15) is 245 Å². The van der Waals surface area contributed by atoms with Gasteiger partial charge in [0.2, 0.25) is 0 Å². The monoisotopic (exact) mass is 1510 g/mol. The number of benzene rings is 9. The molecule has 0 aliphatic carbocycles. The number of hydrogen-bond acceptors (Lipinski definition) is 1. The fourth-order valence-corrected chi connectivity index (χ4v) is 9.22. The zero-order valence-electron chi connectivity index (χ0n) is 61.3. The van der Waals surface area contributed by atoms with Gasteiger partial charge in [0.15, 0.2) is 29.1 Å². The molecule has 0 radical (unpaired) electrons. The summed E-state index contributed by atoms with van der Waals surface area (Å²) in [7, 11) is 0. The fourth-order valence-electron chi connectivity index (χ4n) is 8.45. The van der Waals surface area contributed by atoms with Crippen LogP contribution in [-0.4, -0.2) is 0 Å².